The fourth-order valence-corrected chi connectivity index (χ4v) is 1.86. The topological polar surface area (TPSA) is 68.1 Å². The van der Waals surface area contributed by atoms with Gasteiger partial charge in [0.1, 0.15) is 0 Å². The van der Waals surface area contributed by atoms with Crippen molar-refractivity contribution in [2.24, 2.45) is 0 Å². The van der Waals surface area contributed by atoms with Gasteiger partial charge in [-0.1, -0.05) is 0 Å². The third-order valence-corrected chi connectivity index (χ3v) is 2.74. The summed E-state index contributed by atoms with van der Waals surface area (Å²) in [6, 6.07) is 5.06. The molecule has 0 radical (unpaired) electrons. The summed E-state index contributed by atoms with van der Waals surface area (Å²) in [5.41, 5.74) is 1.96. The lowest BCUT2D eigenvalue weighted by Gasteiger charge is -2.02. The van der Waals surface area contributed by atoms with E-state index >= 15 is 0 Å². The minimum absolute atomic E-state index is 0.138. The van der Waals surface area contributed by atoms with Crippen LogP contribution in [0.25, 0.3) is 0 Å². The predicted octanol–water partition coefficient (Wildman–Crippen LogP) is 2.66. The van der Waals surface area contributed by atoms with Crippen molar-refractivity contribution in [1.29, 1.82) is 0 Å². The molecule has 2 heterocycles. The van der Waals surface area contributed by atoms with Gasteiger partial charge >= 0.3 is 5.82 Å². The molecule has 5 nitrogen and oxygen atoms in total. The first-order valence-corrected chi connectivity index (χ1v) is 5.55. The molecule has 0 aromatic carbocycles. The second-order valence-corrected chi connectivity index (χ2v) is 3.93. The van der Waals surface area contributed by atoms with Crippen molar-refractivity contribution in [2.45, 2.75) is 6.54 Å². The van der Waals surface area contributed by atoms with Crippen LogP contribution in [-0.4, -0.2) is 9.91 Å². The van der Waals surface area contributed by atoms with Gasteiger partial charge < -0.3 is 15.4 Å². The molecule has 0 unspecified atom stereocenters. The van der Waals surface area contributed by atoms with E-state index in [0.29, 0.717) is 6.54 Å². The van der Waals surface area contributed by atoms with Gasteiger partial charge in [-0.15, -0.1) is 0 Å². The van der Waals surface area contributed by atoms with Gasteiger partial charge in [0.05, 0.1) is 5.69 Å². The van der Waals surface area contributed by atoms with E-state index in [4.69, 9.17) is 0 Å². The molecule has 0 aliphatic rings. The van der Waals surface area contributed by atoms with E-state index in [1.807, 2.05) is 16.8 Å². The van der Waals surface area contributed by atoms with Crippen molar-refractivity contribution >= 4 is 22.8 Å². The Labute approximate surface area is 95.9 Å². The van der Waals surface area contributed by atoms with Crippen LogP contribution in [0.1, 0.15) is 5.56 Å². The van der Waals surface area contributed by atoms with Gasteiger partial charge in [0.15, 0.2) is 6.20 Å². The Kier molecular flexibility index (Phi) is 3.11. The molecule has 0 saturated heterocycles. The summed E-state index contributed by atoms with van der Waals surface area (Å²) >= 11 is 1.64. The molecule has 16 heavy (non-hydrogen) atoms. The summed E-state index contributed by atoms with van der Waals surface area (Å²) in [5, 5.41) is 17.6. The Morgan fingerprint density at radius 2 is 2.31 bits per heavy atom. The van der Waals surface area contributed by atoms with Crippen molar-refractivity contribution in [3.63, 3.8) is 0 Å². The second-order valence-electron chi connectivity index (χ2n) is 3.15. The third-order valence-electron chi connectivity index (χ3n) is 2.01. The van der Waals surface area contributed by atoms with E-state index in [0.717, 1.165) is 5.69 Å². The Morgan fingerprint density at radius 1 is 1.44 bits per heavy atom. The Bertz CT molecular complexity index is 467. The number of nitrogens with zero attached hydrogens (tertiary/aromatic N) is 2. The molecule has 6 heteroatoms. The summed E-state index contributed by atoms with van der Waals surface area (Å²) in [7, 11) is 0. The average molecular weight is 235 g/mol. The fraction of sp³-hybridized carbons (Fsp3) is 0.100. The molecular formula is C10H9N3O2S. The van der Waals surface area contributed by atoms with Crippen LogP contribution in [0.2, 0.25) is 0 Å². The van der Waals surface area contributed by atoms with Gasteiger partial charge in [-0.2, -0.15) is 11.3 Å². The van der Waals surface area contributed by atoms with Crippen molar-refractivity contribution < 1.29 is 4.92 Å². The van der Waals surface area contributed by atoms with Gasteiger partial charge in [0.25, 0.3) is 0 Å². The van der Waals surface area contributed by atoms with Crippen LogP contribution >= 0.6 is 11.3 Å². The zero-order valence-electron chi connectivity index (χ0n) is 8.29. The lowest BCUT2D eigenvalue weighted by Crippen LogP contribution is -1.99. The highest BCUT2D eigenvalue weighted by atomic mass is 32.1. The van der Waals surface area contributed by atoms with Crippen LogP contribution in [0.3, 0.4) is 0 Å². The highest BCUT2D eigenvalue weighted by molar-refractivity contribution is 7.07. The van der Waals surface area contributed by atoms with Crippen LogP contribution in [-0.2, 0) is 6.54 Å². The normalized spacial score (nSPS) is 10.0. The van der Waals surface area contributed by atoms with E-state index in [2.05, 4.69) is 10.3 Å². The molecule has 2 aromatic rings. The Hall–Kier alpha value is -1.95. The van der Waals surface area contributed by atoms with Crippen LogP contribution in [0, 0.1) is 10.1 Å². The number of aromatic nitrogens is 1. The van der Waals surface area contributed by atoms with Gasteiger partial charge in [-0.25, -0.2) is 0 Å². The van der Waals surface area contributed by atoms with Gasteiger partial charge in [-0.05, 0) is 38.4 Å². The smallest absolute Gasteiger partial charge is 0.363 e. The number of anilines is 1. The van der Waals surface area contributed by atoms with Gasteiger partial charge in [0.2, 0.25) is 0 Å². The predicted molar refractivity (Wildman–Crippen MR) is 62.5 cm³/mol. The molecular weight excluding hydrogens is 226 g/mol. The second kappa shape index (κ2) is 4.71. The molecule has 2 rings (SSSR count). The first-order valence-electron chi connectivity index (χ1n) is 4.61. The van der Waals surface area contributed by atoms with Crippen molar-refractivity contribution in [2.75, 3.05) is 5.32 Å². The van der Waals surface area contributed by atoms with E-state index in [1.54, 1.807) is 17.4 Å². The standard InChI is InChI=1S/C10H9N3O2S/c14-13(15)10-2-1-9(6-12-10)11-5-8-3-4-16-7-8/h1-4,6-7,11H,5H2. The number of pyridine rings is 1. The first-order chi connectivity index (χ1) is 7.75. The van der Waals surface area contributed by atoms with Crippen LogP contribution in [0.4, 0.5) is 11.5 Å². The molecule has 0 amide bonds. The van der Waals surface area contributed by atoms with E-state index in [1.165, 1.54) is 17.8 Å². The summed E-state index contributed by atoms with van der Waals surface area (Å²) in [6.45, 7) is 0.697. The molecule has 0 atom stereocenters. The molecule has 0 spiro atoms. The maximum Gasteiger partial charge on any atom is 0.363 e. The van der Waals surface area contributed by atoms with Crippen molar-refractivity contribution in [3.05, 3.63) is 50.8 Å². The Morgan fingerprint density at radius 3 is 2.88 bits per heavy atom. The molecule has 82 valence electrons. The molecule has 0 saturated carbocycles. The number of rotatable bonds is 4. The summed E-state index contributed by atoms with van der Waals surface area (Å²) in [6.07, 6.45) is 1.46. The van der Waals surface area contributed by atoms with Crippen LogP contribution in [0.15, 0.2) is 35.2 Å². The monoisotopic (exact) mass is 235 g/mol. The molecule has 0 aliphatic carbocycles. The minimum atomic E-state index is -0.511. The number of thiophene rings is 1. The fourth-order valence-electron chi connectivity index (χ4n) is 1.20. The highest BCUT2D eigenvalue weighted by Crippen LogP contribution is 2.13. The number of hydrogen-bond acceptors (Lipinski definition) is 5. The van der Waals surface area contributed by atoms with Crippen LogP contribution < -0.4 is 5.32 Å². The maximum absolute atomic E-state index is 10.4. The average Bonchev–Trinajstić information content (AvgIpc) is 2.80. The lowest BCUT2D eigenvalue weighted by atomic mass is 10.3. The largest absolute Gasteiger partial charge is 0.378 e. The van der Waals surface area contributed by atoms with E-state index < -0.39 is 4.92 Å². The van der Waals surface area contributed by atoms with Gasteiger partial charge in [0, 0.05) is 12.6 Å². The summed E-state index contributed by atoms with van der Waals surface area (Å²) in [5.74, 6) is -0.138. The Balaban J connectivity index is 1.98. The van der Waals surface area contributed by atoms with E-state index in [9.17, 15) is 10.1 Å². The van der Waals surface area contributed by atoms with Gasteiger partial charge in [-0.3, -0.25) is 0 Å². The molecule has 1 N–H and O–H groups in total. The number of nitro groups is 1. The van der Waals surface area contributed by atoms with Crippen molar-refractivity contribution in [3.8, 4) is 0 Å². The highest BCUT2D eigenvalue weighted by Gasteiger charge is 2.05. The summed E-state index contributed by atoms with van der Waals surface area (Å²) in [4.78, 5) is 13.6. The molecule has 2 aromatic heterocycles. The summed E-state index contributed by atoms with van der Waals surface area (Å²) < 4.78 is 0. The number of hydrogen-bond donors (Lipinski definition) is 1. The van der Waals surface area contributed by atoms with Crippen LogP contribution in [0.5, 0.6) is 0 Å². The first kappa shape index (κ1) is 10.6. The molecule has 0 bridgehead atoms. The van der Waals surface area contributed by atoms with E-state index in [-0.39, 0.29) is 5.82 Å². The van der Waals surface area contributed by atoms with Crippen molar-refractivity contribution in [1.82, 2.24) is 4.98 Å². The molecule has 0 fully saturated rings. The SMILES string of the molecule is O=[N+]([O-])c1ccc(NCc2ccsc2)cn1. The minimum Gasteiger partial charge on any atom is -0.378 e. The quantitative estimate of drug-likeness (QED) is 0.653. The third kappa shape index (κ3) is 2.54. The zero-order chi connectivity index (χ0) is 11.4. The zero-order valence-corrected chi connectivity index (χ0v) is 9.11. The lowest BCUT2D eigenvalue weighted by molar-refractivity contribution is -0.389. The number of nitrogens with one attached hydrogen (secondary N) is 1. The molecule has 0 aliphatic heterocycles. The maximum atomic E-state index is 10.4.